The van der Waals surface area contributed by atoms with Crippen LogP contribution in [0.25, 0.3) is 0 Å². The second-order valence-corrected chi connectivity index (χ2v) is 6.92. The molecule has 0 unspecified atom stereocenters. The fourth-order valence-electron chi connectivity index (χ4n) is 1.80. The summed E-state index contributed by atoms with van der Waals surface area (Å²) in [4.78, 5) is 6.62. The normalized spacial score (nSPS) is 11.6. The Bertz CT molecular complexity index is 699. The molecule has 102 valence electrons. The number of aryl methyl sites for hydroxylation is 3. The second kappa shape index (κ2) is 4.97. The average molecular weight is 344 g/mol. The molecule has 0 bridgehead atoms. The number of halogens is 1. The predicted molar refractivity (Wildman–Crippen MR) is 77.7 cm³/mol. The lowest BCUT2D eigenvalue weighted by atomic mass is 10.1. The Morgan fingerprint density at radius 3 is 2.26 bits per heavy atom. The van der Waals surface area contributed by atoms with Crippen LogP contribution in [-0.2, 0) is 10.0 Å². The largest absolute Gasteiger partial charge is 0.332 e. The van der Waals surface area contributed by atoms with Crippen molar-refractivity contribution < 1.29 is 8.42 Å². The van der Waals surface area contributed by atoms with Gasteiger partial charge in [-0.1, -0.05) is 15.9 Å². The number of sulfonamides is 1. The van der Waals surface area contributed by atoms with Gasteiger partial charge in [0.15, 0.2) is 5.03 Å². The summed E-state index contributed by atoms with van der Waals surface area (Å²) < 4.78 is 27.9. The van der Waals surface area contributed by atoms with E-state index in [0.717, 1.165) is 15.6 Å². The van der Waals surface area contributed by atoms with Gasteiger partial charge in [-0.3, -0.25) is 4.72 Å². The lowest BCUT2D eigenvalue weighted by molar-refractivity contribution is 0.598. The number of anilines is 1. The van der Waals surface area contributed by atoms with E-state index in [-0.39, 0.29) is 5.03 Å². The molecular formula is C12H14BrN3O2S. The molecule has 0 radical (unpaired) electrons. The molecule has 5 nitrogen and oxygen atoms in total. The molecule has 0 aliphatic carbocycles. The number of imidazole rings is 1. The molecule has 0 aliphatic heterocycles. The maximum atomic E-state index is 12.2. The van der Waals surface area contributed by atoms with Gasteiger partial charge in [0.1, 0.15) is 5.82 Å². The number of aromatic amines is 1. The van der Waals surface area contributed by atoms with Gasteiger partial charge in [-0.25, -0.2) is 4.98 Å². The molecule has 1 aromatic carbocycles. The summed E-state index contributed by atoms with van der Waals surface area (Å²) in [7, 11) is -3.63. The van der Waals surface area contributed by atoms with Crippen LogP contribution < -0.4 is 4.72 Å². The van der Waals surface area contributed by atoms with Gasteiger partial charge in [0.05, 0.1) is 11.9 Å². The Hall–Kier alpha value is -1.34. The monoisotopic (exact) mass is 343 g/mol. The predicted octanol–water partition coefficient (Wildman–Crippen LogP) is 2.90. The highest BCUT2D eigenvalue weighted by molar-refractivity contribution is 9.10. The molecular weight excluding hydrogens is 330 g/mol. The zero-order valence-corrected chi connectivity index (χ0v) is 13.2. The van der Waals surface area contributed by atoms with Crippen molar-refractivity contribution in [1.82, 2.24) is 9.97 Å². The van der Waals surface area contributed by atoms with E-state index in [2.05, 4.69) is 30.6 Å². The van der Waals surface area contributed by atoms with Crippen LogP contribution in [0.3, 0.4) is 0 Å². The molecule has 0 saturated heterocycles. The standard InChI is InChI=1S/C12H14BrN3O2S/c1-7-4-10(13)5-8(2)12(7)16-19(17,18)11-6-14-9(3)15-11/h4-6,16H,1-3H3,(H,14,15). The summed E-state index contributed by atoms with van der Waals surface area (Å²) in [6.07, 6.45) is 1.31. The molecule has 2 aromatic rings. The van der Waals surface area contributed by atoms with Gasteiger partial charge in [-0.2, -0.15) is 8.42 Å². The Balaban J connectivity index is 2.41. The highest BCUT2D eigenvalue weighted by Gasteiger charge is 2.18. The van der Waals surface area contributed by atoms with Crippen LogP contribution in [0.2, 0.25) is 0 Å². The zero-order chi connectivity index (χ0) is 14.2. The maximum absolute atomic E-state index is 12.2. The summed E-state index contributed by atoms with van der Waals surface area (Å²) in [5.74, 6) is 0.560. The van der Waals surface area contributed by atoms with Crippen molar-refractivity contribution in [1.29, 1.82) is 0 Å². The first-order valence-electron chi connectivity index (χ1n) is 5.61. The van der Waals surface area contributed by atoms with E-state index in [9.17, 15) is 8.42 Å². The quantitative estimate of drug-likeness (QED) is 0.899. The molecule has 0 fully saturated rings. The van der Waals surface area contributed by atoms with Crippen LogP contribution >= 0.6 is 15.9 Å². The van der Waals surface area contributed by atoms with Gasteiger partial charge < -0.3 is 4.98 Å². The second-order valence-electron chi connectivity index (χ2n) is 4.35. The molecule has 0 aliphatic rings. The number of hydrogen-bond donors (Lipinski definition) is 2. The van der Waals surface area contributed by atoms with E-state index in [1.165, 1.54) is 6.20 Å². The third-order valence-electron chi connectivity index (χ3n) is 2.70. The van der Waals surface area contributed by atoms with E-state index >= 15 is 0 Å². The highest BCUT2D eigenvalue weighted by Crippen LogP contribution is 2.27. The molecule has 2 N–H and O–H groups in total. The number of benzene rings is 1. The van der Waals surface area contributed by atoms with Crippen LogP contribution in [0, 0.1) is 20.8 Å². The minimum absolute atomic E-state index is 0.0618. The van der Waals surface area contributed by atoms with Gasteiger partial charge in [0.2, 0.25) is 0 Å². The van der Waals surface area contributed by atoms with E-state index in [1.54, 1.807) is 6.92 Å². The Labute approximate surface area is 120 Å². The molecule has 0 spiro atoms. The van der Waals surface area contributed by atoms with Crippen molar-refractivity contribution in [2.24, 2.45) is 0 Å². The molecule has 19 heavy (non-hydrogen) atoms. The lowest BCUT2D eigenvalue weighted by Gasteiger charge is -2.12. The smallest absolute Gasteiger partial charge is 0.279 e. The van der Waals surface area contributed by atoms with Gasteiger partial charge >= 0.3 is 0 Å². The van der Waals surface area contributed by atoms with E-state index in [4.69, 9.17) is 0 Å². The van der Waals surface area contributed by atoms with Crippen LogP contribution in [0.15, 0.2) is 27.8 Å². The lowest BCUT2D eigenvalue weighted by Crippen LogP contribution is -2.15. The van der Waals surface area contributed by atoms with Crippen molar-refractivity contribution >= 4 is 31.6 Å². The van der Waals surface area contributed by atoms with Gasteiger partial charge in [0, 0.05) is 4.47 Å². The summed E-state index contributed by atoms with van der Waals surface area (Å²) >= 11 is 3.38. The summed E-state index contributed by atoms with van der Waals surface area (Å²) in [6, 6.07) is 3.73. The van der Waals surface area contributed by atoms with Gasteiger partial charge in [-0.15, -0.1) is 0 Å². The molecule has 0 amide bonds. The number of rotatable bonds is 3. The molecule has 1 aromatic heterocycles. The number of nitrogens with one attached hydrogen (secondary N) is 2. The van der Waals surface area contributed by atoms with Gasteiger partial charge in [0.25, 0.3) is 10.0 Å². The van der Waals surface area contributed by atoms with Crippen molar-refractivity contribution in [3.05, 3.63) is 39.8 Å². The minimum Gasteiger partial charge on any atom is -0.332 e. The SMILES string of the molecule is Cc1ncc(S(=O)(=O)Nc2c(C)cc(Br)cc2C)[nH]1. The zero-order valence-electron chi connectivity index (χ0n) is 10.8. The van der Waals surface area contributed by atoms with Crippen LogP contribution in [0.5, 0.6) is 0 Å². The number of nitrogens with zero attached hydrogens (tertiary/aromatic N) is 1. The fraction of sp³-hybridized carbons (Fsp3) is 0.250. The number of hydrogen-bond acceptors (Lipinski definition) is 3. The van der Waals surface area contributed by atoms with Crippen molar-refractivity contribution in [2.75, 3.05) is 4.72 Å². The Morgan fingerprint density at radius 2 is 1.79 bits per heavy atom. The number of aromatic nitrogens is 2. The fourth-order valence-corrected chi connectivity index (χ4v) is 3.66. The van der Waals surface area contributed by atoms with Crippen molar-refractivity contribution in [2.45, 2.75) is 25.8 Å². The first kappa shape index (κ1) is 14.1. The first-order chi connectivity index (χ1) is 8.79. The number of H-pyrrole nitrogens is 1. The molecule has 0 saturated carbocycles. The average Bonchev–Trinajstić information content (AvgIpc) is 2.71. The molecule has 0 atom stereocenters. The van der Waals surface area contributed by atoms with Gasteiger partial charge in [-0.05, 0) is 44.0 Å². The van der Waals surface area contributed by atoms with Crippen LogP contribution in [0.4, 0.5) is 5.69 Å². The third kappa shape index (κ3) is 2.98. The third-order valence-corrected chi connectivity index (χ3v) is 4.42. The van der Waals surface area contributed by atoms with E-state index < -0.39 is 10.0 Å². The Morgan fingerprint density at radius 1 is 1.21 bits per heavy atom. The summed E-state index contributed by atoms with van der Waals surface area (Å²) in [5.41, 5.74) is 2.30. The van der Waals surface area contributed by atoms with Crippen LogP contribution in [0.1, 0.15) is 17.0 Å². The molecule has 2 rings (SSSR count). The Kier molecular flexibility index (Phi) is 3.69. The highest BCUT2D eigenvalue weighted by atomic mass is 79.9. The molecule has 7 heteroatoms. The summed E-state index contributed by atoms with van der Waals surface area (Å²) in [6.45, 7) is 5.41. The van der Waals surface area contributed by atoms with Crippen LogP contribution in [-0.4, -0.2) is 18.4 Å². The molecule has 1 heterocycles. The first-order valence-corrected chi connectivity index (χ1v) is 7.88. The minimum atomic E-state index is -3.63. The van der Waals surface area contributed by atoms with Crippen molar-refractivity contribution in [3.8, 4) is 0 Å². The topological polar surface area (TPSA) is 74.8 Å². The van der Waals surface area contributed by atoms with Crippen molar-refractivity contribution in [3.63, 3.8) is 0 Å². The maximum Gasteiger partial charge on any atom is 0.279 e. The van der Waals surface area contributed by atoms with E-state index in [0.29, 0.717) is 11.5 Å². The van der Waals surface area contributed by atoms with E-state index in [1.807, 2.05) is 26.0 Å². The summed E-state index contributed by atoms with van der Waals surface area (Å²) in [5, 5.41) is 0.0618.